The van der Waals surface area contributed by atoms with Crippen molar-refractivity contribution in [3.05, 3.63) is 46.1 Å². The molecule has 0 saturated carbocycles. The number of amides is 2. The summed E-state index contributed by atoms with van der Waals surface area (Å²) in [5, 5.41) is 11.8. The minimum absolute atomic E-state index is 0.0330. The minimum Gasteiger partial charge on any atom is -0.338 e. The molecule has 4 rings (SSSR count). The summed E-state index contributed by atoms with van der Waals surface area (Å²) in [6.45, 7) is 3.31. The normalized spacial score (nSPS) is 13.2. The number of nitrogens with zero attached hydrogens (tertiary/aromatic N) is 4. The lowest BCUT2D eigenvalue weighted by atomic mass is 10.1. The van der Waals surface area contributed by atoms with Gasteiger partial charge in [-0.25, -0.2) is 4.68 Å². The summed E-state index contributed by atoms with van der Waals surface area (Å²) in [5.74, 6) is 0.535. The lowest BCUT2D eigenvalue weighted by Crippen LogP contribution is -2.37. The van der Waals surface area contributed by atoms with E-state index in [-0.39, 0.29) is 30.5 Å². The van der Waals surface area contributed by atoms with E-state index in [2.05, 4.69) is 15.6 Å². The molecule has 3 heterocycles. The number of aromatic nitrogens is 3. The van der Waals surface area contributed by atoms with Crippen molar-refractivity contribution in [2.75, 3.05) is 16.8 Å². The van der Waals surface area contributed by atoms with Crippen LogP contribution in [0.4, 0.5) is 11.7 Å². The lowest BCUT2D eigenvalue weighted by molar-refractivity contribution is -0.122. The fourth-order valence-electron chi connectivity index (χ4n) is 3.34. The third-order valence-corrected chi connectivity index (χ3v) is 5.50. The van der Waals surface area contributed by atoms with Gasteiger partial charge in [-0.2, -0.15) is 5.10 Å². The number of benzene rings is 1. The van der Waals surface area contributed by atoms with Crippen LogP contribution in [0.3, 0.4) is 0 Å². The largest absolute Gasteiger partial charge is 0.338 e. The average molecular weight is 448 g/mol. The Balaban J connectivity index is 1.34. The number of fused-ring (bicyclic) bond motifs is 1. The van der Waals surface area contributed by atoms with E-state index in [1.807, 2.05) is 17.7 Å². The van der Waals surface area contributed by atoms with E-state index in [9.17, 15) is 9.59 Å². The minimum atomic E-state index is -0.332. The van der Waals surface area contributed by atoms with Crippen LogP contribution in [0.25, 0.3) is 11.3 Å². The molecule has 8 nitrogen and oxygen atoms in total. The zero-order valence-electron chi connectivity index (χ0n) is 16.2. The third kappa shape index (κ3) is 4.34. The predicted octanol–water partition coefficient (Wildman–Crippen LogP) is 4.31. The second-order valence-corrected chi connectivity index (χ2v) is 7.83. The Morgan fingerprint density at radius 3 is 2.77 bits per heavy atom. The van der Waals surface area contributed by atoms with Crippen molar-refractivity contribution in [1.82, 2.24) is 14.9 Å². The number of halogens is 2. The second kappa shape index (κ2) is 8.49. The Morgan fingerprint density at radius 2 is 1.97 bits per heavy atom. The summed E-state index contributed by atoms with van der Waals surface area (Å²) >= 11 is 11.9. The van der Waals surface area contributed by atoms with Gasteiger partial charge >= 0.3 is 0 Å². The zero-order valence-corrected chi connectivity index (χ0v) is 17.7. The van der Waals surface area contributed by atoms with E-state index in [0.717, 1.165) is 24.5 Å². The third-order valence-electron chi connectivity index (χ3n) is 4.76. The summed E-state index contributed by atoms with van der Waals surface area (Å²) < 4.78 is 7.00. The lowest BCUT2D eigenvalue weighted by Gasteiger charge is -2.27. The van der Waals surface area contributed by atoms with Crippen molar-refractivity contribution < 1.29 is 14.1 Å². The molecule has 0 atom stereocenters. The van der Waals surface area contributed by atoms with E-state index < -0.39 is 0 Å². The highest BCUT2D eigenvalue weighted by Gasteiger charge is 2.24. The molecule has 0 saturated heterocycles. The standard InChI is InChI=1S/C20H19Cl2N5O3/c1-12-9-19-26(7-2-8-27(19)24-12)20(29)6-5-17(28)23-18-11-16(25-30-18)13-3-4-14(21)15(22)10-13/h3-4,9-11H,2,5-8H2,1H3,(H,23,28). The molecule has 0 unspecified atom stereocenters. The Bertz CT molecular complexity index is 1110. The van der Waals surface area contributed by atoms with Gasteiger partial charge in [-0.15, -0.1) is 0 Å². The SMILES string of the molecule is Cc1cc2n(n1)CCCN2C(=O)CCC(=O)Nc1cc(-c2ccc(Cl)c(Cl)c2)no1. The summed E-state index contributed by atoms with van der Waals surface area (Å²) in [5.41, 5.74) is 2.09. The van der Waals surface area contributed by atoms with Crippen LogP contribution in [0.2, 0.25) is 10.0 Å². The van der Waals surface area contributed by atoms with Gasteiger partial charge in [0.05, 0.1) is 15.7 Å². The van der Waals surface area contributed by atoms with E-state index in [0.29, 0.717) is 27.8 Å². The van der Waals surface area contributed by atoms with Crippen LogP contribution >= 0.6 is 23.2 Å². The van der Waals surface area contributed by atoms with Crippen LogP contribution in [0.15, 0.2) is 34.9 Å². The summed E-state index contributed by atoms with van der Waals surface area (Å²) in [6.07, 6.45) is 0.955. The van der Waals surface area contributed by atoms with Crippen LogP contribution in [0, 0.1) is 6.92 Å². The maximum atomic E-state index is 12.6. The molecule has 2 amide bonds. The highest BCUT2D eigenvalue weighted by Crippen LogP contribution is 2.29. The van der Waals surface area contributed by atoms with Gasteiger partial charge in [-0.1, -0.05) is 34.4 Å². The smallest absolute Gasteiger partial charge is 0.231 e. The van der Waals surface area contributed by atoms with Crippen molar-refractivity contribution in [3.63, 3.8) is 0 Å². The highest BCUT2D eigenvalue weighted by atomic mass is 35.5. The van der Waals surface area contributed by atoms with Crippen molar-refractivity contribution in [3.8, 4) is 11.3 Å². The number of aryl methyl sites for hydroxylation is 2. The van der Waals surface area contributed by atoms with Gasteiger partial charge < -0.3 is 4.52 Å². The number of carbonyl (C=O) groups excluding carboxylic acids is 2. The van der Waals surface area contributed by atoms with Gasteiger partial charge in [-0.05, 0) is 25.5 Å². The molecule has 0 radical (unpaired) electrons. The molecule has 1 aliphatic rings. The maximum Gasteiger partial charge on any atom is 0.231 e. The van der Waals surface area contributed by atoms with Crippen molar-refractivity contribution in [1.29, 1.82) is 0 Å². The molecule has 0 fully saturated rings. The first kappa shape index (κ1) is 20.4. The molecule has 0 bridgehead atoms. The number of rotatable bonds is 5. The molecule has 1 aliphatic heterocycles. The predicted molar refractivity (Wildman–Crippen MR) is 114 cm³/mol. The Morgan fingerprint density at radius 1 is 1.13 bits per heavy atom. The van der Waals surface area contributed by atoms with Crippen LogP contribution in [-0.4, -0.2) is 33.3 Å². The molecule has 156 valence electrons. The Labute approximate surface area is 182 Å². The number of hydrogen-bond acceptors (Lipinski definition) is 5. The van der Waals surface area contributed by atoms with E-state index in [1.165, 1.54) is 0 Å². The molecule has 1 N–H and O–H groups in total. The number of nitrogens with one attached hydrogen (secondary N) is 1. The molecule has 0 spiro atoms. The van der Waals surface area contributed by atoms with E-state index in [4.69, 9.17) is 27.7 Å². The molecular formula is C20H19Cl2N5O3. The number of carbonyl (C=O) groups is 2. The second-order valence-electron chi connectivity index (χ2n) is 7.02. The highest BCUT2D eigenvalue weighted by molar-refractivity contribution is 6.42. The van der Waals surface area contributed by atoms with Crippen LogP contribution in [-0.2, 0) is 16.1 Å². The molecular weight excluding hydrogens is 429 g/mol. The first-order chi connectivity index (χ1) is 14.4. The van der Waals surface area contributed by atoms with Crippen LogP contribution in [0.5, 0.6) is 0 Å². The van der Waals surface area contributed by atoms with Gasteiger partial charge in [-0.3, -0.25) is 19.8 Å². The number of anilines is 2. The quantitative estimate of drug-likeness (QED) is 0.628. The van der Waals surface area contributed by atoms with Gasteiger partial charge in [0.1, 0.15) is 11.5 Å². The van der Waals surface area contributed by atoms with Gasteiger partial charge in [0, 0.05) is 43.6 Å². The van der Waals surface area contributed by atoms with Crippen molar-refractivity contribution >= 4 is 46.7 Å². The van der Waals surface area contributed by atoms with Crippen molar-refractivity contribution in [2.45, 2.75) is 32.7 Å². The summed E-state index contributed by atoms with van der Waals surface area (Å²) in [7, 11) is 0. The van der Waals surface area contributed by atoms with E-state index >= 15 is 0 Å². The number of hydrogen-bond donors (Lipinski definition) is 1. The molecule has 0 aliphatic carbocycles. The summed E-state index contributed by atoms with van der Waals surface area (Å²) in [6, 6.07) is 8.55. The molecule has 1 aromatic carbocycles. The van der Waals surface area contributed by atoms with Crippen molar-refractivity contribution in [2.24, 2.45) is 0 Å². The maximum absolute atomic E-state index is 12.6. The molecule has 3 aromatic rings. The van der Waals surface area contributed by atoms with Crippen LogP contribution in [0.1, 0.15) is 25.0 Å². The Hall–Kier alpha value is -2.84. The molecule has 30 heavy (non-hydrogen) atoms. The fourth-order valence-corrected chi connectivity index (χ4v) is 3.64. The van der Waals surface area contributed by atoms with Crippen LogP contribution < -0.4 is 10.2 Å². The average Bonchev–Trinajstić information content (AvgIpc) is 3.33. The van der Waals surface area contributed by atoms with E-state index in [1.54, 1.807) is 29.2 Å². The first-order valence-corrected chi connectivity index (χ1v) is 10.2. The molecule has 2 aromatic heterocycles. The van der Waals surface area contributed by atoms with Gasteiger partial charge in [0.15, 0.2) is 0 Å². The zero-order chi connectivity index (χ0) is 21.3. The van der Waals surface area contributed by atoms with Gasteiger partial charge in [0.2, 0.25) is 17.7 Å². The monoisotopic (exact) mass is 447 g/mol. The fraction of sp³-hybridized carbons (Fsp3) is 0.300. The first-order valence-electron chi connectivity index (χ1n) is 9.47. The topological polar surface area (TPSA) is 93.3 Å². The molecule has 10 heteroatoms. The Kier molecular flexibility index (Phi) is 5.78. The summed E-state index contributed by atoms with van der Waals surface area (Å²) in [4.78, 5) is 26.6. The van der Waals surface area contributed by atoms with Gasteiger partial charge in [0.25, 0.3) is 0 Å².